The molecule has 0 saturated carbocycles. The molecule has 1 heterocycles. The normalized spacial score (nSPS) is 10.0. The molecule has 0 radical (unpaired) electrons. The maximum absolute atomic E-state index is 12.7. The summed E-state index contributed by atoms with van der Waals surface area (Å²) in [4.78, 5) is 15.5. The van der Waals surface area contributed by atoms with E-state index in [4.69, 9.17) is 4.74 Å². The molecule has 2 rings (SSSR count). The van der Waals surface area contributed by atoms with Gasteiger partial charge in [-0.3, -0.25) is 4.79 Å². The van der Waals surface area contributed by atoms with Crippen LogP contribution in [0.25, 0.3) is 0 Å². The second kappa shape index (κ2) is 6.29. The molecular weight excluding hydrogens is 315 g/mol. The van der Waals surface area contributed by atoms with E-state index in [2.05, 4.69) is 26.2 Å². The number of amides is 1. The minimum atomic E-state index is -0.352. The lowest BCUT2D eigenvalue weighted by Crippen LogP contribution is -2.20. The van der Waals surface area contributed by atoms with Crippen LogP contribution in [0.5, 0.6) is 5.75 Å². The number of nitrogens with zero attached hydrogens (tertiary/aromatic N) is 1. The molecule has 0 fully saturated rings. The quantitative estimate of drug-likeness (QED) is 0.879. The maximum Gasteiger partial charge on any atom is 0.262 e. The molecule has 0 aliphatic rings. The van der Waals surface area contributed by atoms with Gasteiger partial charge >= 0.3 is 0 Å². The molecule has 19 heavy (non-hydrogen) atoms. The molecule has 0 aliphatic heterocycles. The highest BCUT2D eigenvalue weighted by Gasteiger charge is 2.04. The molecule has 1 aromatic carbocycles. The van der Waals surface area contributed by atoms with E-state index in [9.17, 15) is 9.18 Å². The molecule has 0 aliphatic carbocycles. The number of rotatable bonds is 4. The van der Waals surface area contributed by atoms with Gasteiger partial charge in [0.15, 0.2) is 6.61 Å². The third kappa shape index (κ3) is 4.33. The number of pyridine rings is 1. The number of halogens is 2. The van der Waals surface area contributed by atoms with E-state index >= 15 is 0 Å². The van der Waals surface area contributed by atoms with Crippen molar-refractivity contribution in [3.05, 3.63) is 53.0 Å². The first-order chi connectivity index (χ1) is 9.13. The molecule has 0 atom stereocenters. The minimum absolute atomic E-state index is 0.138. The lowest BCUT2D eigenvalue weighted by Gasteiger charge is -2.07. The summed E-state index contributed by atoms with van der Waals surface area (Å²) in [7, 11) is 0. The lowest BCUT2D eigenvalue weighted by atomic mass is 10.3. The largest absolute Gasteiger partial charge is 0.482 e. The van der Waals surface area contributed by atoms with Crippen molar-refractivity contribution in [1.82, 2.24) is 4.98 Å². The monoisotopic (exact) mass is 324 g/mol. The smallest absolute Gasteiger partial charge is 0.262 e. The molecule has 1 aromatic heterocycles. The fraction of sp³-hybridized carbons (Fsp3) is 0.0769. The van der Waals surface area contributed by atoms with E-state index in [1.165, 1.54) is 30.5 Å². The topological polar surface area (TPSA) is 51.2 Å². The Kier molecular flexibility index (Phi) is 4.46. The van der Waals surface area contributed by atoms with Crippen LogP contribution in [0.3, 0.4) is 0 Å². The van der Waals surface area contributed by atoms with Crippen molar-refractivity contribution in [3.8, 4) is 5.75 Å². The van der Waals surface area contributed by atoms with Crippen LogP contribution in [-0.4, -0.2) is 17.5 Å². The van der Waals surface area contributed by atoms with Gasteiger partial charge in [-0.2, -0.15) is 0 Å². The van der Waals surface area contributed by atoms with Crippen LogP contribution in [0.4, 0.5) is 10.1 Å². The molecule has 0 bridgehead atoms. The second-order valence-electron chi connectivity index (χ2n) is 3.66. The molecule has 1 amide bonds. The summed E-state index contributed by atoms with van der Waals surface area (Å²) < 4.78 is 18.6. The number of nitrogens with one attached hydrogen (secondary N) is 1. The maximum atomic E-state index is 12.7. The minimum Gasteiger partial charge on any atom is -0.482 e. The highest BCUT2D eigenvalue weighted by molar-refractivity contribution is 9.10. The van der Waals surface area contributed by atoms with Gasteiger partial charge in [0, 0.05) is 5.69 Å². The Balaban J connectivity index is 1.84. The molecule has 0 spiro atoms. The summed E-state index contributed by atoms with van der Waals surface area (Å²) in [6.07, 6.45) is 1.51. The zero-order chi connectivity index (χ0) is 13.7. The van der Waals surface area contributed by atoms with Crippen molar-refractivity contribution in [3.63, 3.8) is 0 Å². The van der Waals surface area contributed by atoms with Gasteiger partial charge in [0.05, 0.1) is 6.20 Å². The SMILES string of the molecule is O=C(COc1ccc(Br)nc1)Nc1ccc(F)cc1. The predicted octanol–water partition coefficient (Wildman–Crippen LogP) is 3.00. The summed E-state index contributed by atoms with van der Waals surface area (Å²) in [5.74, 6) is -0.179. The number of carbonyl (C=O) groups is 1. The van der Waals surface area contributed by atoms with Crippen LogP contribution in [0.2, 0.25) is 0 Å². The fourth-order valence-electron chi connectivity index (χ4n) is 1.33. The zero-order valence-corrected chi connectivity index (χ0v) is 11.4. The van der Waals surface area contributed by atoms with Crippen molar-refractivity contribution >= 4 is 27.5 Å². The summed E-state index contributed by atoms with van der Waals surface area (Å²) in [5, 5.41) is 2.59. The van der Waals surface area contributed by atoms with E-state index in [0.717, 1.165) is 0 Å². The third-order valence-corrected chi connectivity index (χ3v) is 2.67. The molecule has 1 N–H and O–H groups in total. The van der Waals surface area contributed by atoms with Crippen molar-refractivity contribution in [2.24, 2.45) is 0 Å². The molecule has 6 heteroatoms. The average Bonchev–Trinajstić information content (AvgIpc) is 2.41. The van der Waals surface area contributed by atoms with Crippen LogP contribution in [-0.2, 0) is 4.79 Å². The summed E-state index contributed by atoms with van der Waals surface area (Å²) in [6, 6.07) is 8.92. The first kappa shape index (κ1) is 13.5. The lowest BCUT2D eigenvalue weighted by molar-refractivity contribution is -0.118. The van der Waals surface area contributed by atoms with Gasteiger partial charge < -0.3 is 10.1 Å². The van der Waals surface area contributed by atoms with Crippen molar-refractivity contribution in [2.75, 3.05) is 11.9 Å². The Morgan fingerprint density at radius 1 is 1.26 bits per heavy atom. The van der Waals surface area contributed by atoms with Gasteiger partial charge in [-0.1, -0.05) is 0 Å². The number of hydrogen-bond donors (Lipinski definition) is 1. The summed E-state index contributed by atoms with van der Waals surface area (Å²) >= 11 is 3.20. The Bertz CT molecular complexity index is 558. The number of anilines is 1. The molecule has 2 aromatic rings. The van der Waals surface area contributed by atoms with Crippen LogP contribution < -0.4 is 10.1 Å². The van der Waals surface area contributed by atoms with Crippen LogP contribution in [0, 0.1) is 5.82 Å². The van der Waals surface area contributed by atoms with Gasteiger partial charge in [-0.25, -0.2) is 9.37 Å². The molecular formula is C13H10BrFN2O2. The number of ether oxygens (including phenoxy) is 1. The Labute approximate surface area is 117 Å². The third-order valence-electron chi connectivity index (χ3n) is 2.20. The van der Waals surface area contributed by atoms with E-state index < -0.39 is 0 Å². The van der Waals surface area contributed by atoms with E-state index in [1.54, 1.807) is 12.1 Å². The fourth-order valence-corrected chi connectivity index (χ4v) is 1.56. The second-order valence-corrected chi connectivity index (χ2v) is 4.47. The van der Waals surface area contributed by atoms with Crippen LogP contribution in [0.15, 0.2) is 47.2 Å². The van der Waals surface area contributed by atoms with Crippen molar-refractivity contribution in [2.45, 2.75) is 0 Å². The molecule has 0 saturated heterocycles. The highest BCUT2D eigenvalue weighted by atomic mass is 79.9. The van der Waals surface area contributed by atoms with Crippen molar-refractivity contribution in [1.29, 1.82) is 0 Å². The average molecular weight is 325 g/mol. The molecule has 4 nitrogen and oxygen atoms in total. The Morgan fingerprint density at radius 2 is 2.00 bits per heavy atom. The van der Waals surface area contributed by atoms with Crippen LogP contribution >= 0.6 is 15.9 Å². The summed E-state index contributed by atoms with van der Waals surface area (Å²) in [5.41, 5.74) is 0.518. The van der Waals surface area contributed by atoms with Gasteiger partial charge in [0.25, 0.3) is 5.91 Å². The standard InChI is InChI=1S/C13H10BrFN2O2/c14-12-6-5-11(7-16-12)19-8-13(18)17-10-3-1-9(15)2-4-10/h1-7H,8H2,(H,17,18). The highest BCUT2D eigenvalue weighted by Crippen LogP contribution is 2.13. The van der Waals surface area contributed by atoms with Gasteiger partial charge in [-0.05, 0) is 52.3 Å². The molecule has 98 valence electrons. The summed E-state index contributed by atoms with van der Waals surface area (Å²) in [6.45, 7) is -0.138. The zero-order valence-electron chi connectivity index (χ0n) is 9.77. The first-order valence-corrected chi connectivity index (χ1v) is 6.22. The van der Waals surface area contributed by atoms with Crippen molar-refractivity contribution < 1.29 is 13.9 Å². The Morgan fingerprint density at radius 3 is 2.63 bits per heavy atom. The van der Waals surface area contributed by atoms with Gasteiger partial charge in [0.2, 0.25) is 0 Å². The Hall–Kier alpha value is -1.95. The molecule has 0 unspecified atom stereocenters. The first-order valence-electron chi connectivity index (χ1n) is 5.43. The number of carbonyl (C=O) groups excluding carboxylic acids is 1. The number of aromatic nitrogens is 1. The van der Waals surface area contributed by atoms with E-state index in [0.29, 0.717) is 16.0 Å². The number of hydrogen-bond acceptors (Lipinski definition) is 3. The van der Waals surface area contributed by atoms with Crippen LogP contribution in [0.1, 0.15) is 0 Å². The van der Waals surface area contributed by atoms with E-state index in [1.807, 2.05) is 0 Å². The van der Waals surface area contributed by atoms with E-state index in [-0.39, 0.29) is 18.3 Å². The van der Waals surface area contributed by atoms with Gasteiger partial charge in [-0.15, -0.1) is 0 Å². The number of benzene rings is 1. The van der Waals surface area contributed by atoms with Gasteiger partial charge in [0.1, 0.15) is 16.2 Å². The predicted molar refractivity (Wildman–Crippen MR) is 72.5 cm³/mol.